The van der Waals surface area contributed by atoms with E-state index < -0.39 is 6.04 Å². The van der Waals surface area contributed by atoms with Crippen LogP contribution in [0, 0.1) is 13.8 Å². The van der Waals surface area contributed by atoms with Gasteiger partial charge >= 0.3 is 0 Å². The van der Waals surface area contributed by atoms with Crippen LogP contribution in [0.5, 0.6) is 5.75 Å². The molecule has 0 bridgehead atoms. The number of carbonyl (C=O) groups excluding carboxylic acids is 2. The van der Waals surface area contributed by atoms with Crippen molar-refractivity contribution in [3.63, 3.8) is 0 Å². The molecular weight excluding hydrogens is 364 g/mol. The minimum Gasteiger partial charge on any atom is -0.494 e. The van der Waals surface area contributed by atoms with E-state index in [0.29, 0.717) is 24.6 Å². The van der Waals surface area contributed by atoms with Gasteiger partial charge in [0.05, 0.1) is 12.3 Å². The molecule has 1 N–H and O–H groups in total. The monoisotopic (exact) mass is 386 g/mol. The average molecular weight is 387 g/mol. The molecule has 0 radical (unpaired) electrons. The summed E-state index contributed by atoms with van der Waals surface area (Å²) in [6.45, 7) is 6.39. The van der Waals surface area contributed by atoms with E-state index in [-0.39, 0.29) is 11.8 Å². The van der Waals surface area contributed by atoms with Gasteiger partial charge in [-0.05, 0) is 55.7 Å². The number of hydrogen-bond acceptors (Lipinski definition) is 3. The lowest BCUT2D eigenvalue weighted by Crippen LogP contribution is -2.37. The highest BCUT2D eigenvalue weighted by Gasteiger charge is 2.39. The number of hydrogen-bond donors (Lipinski definition) is 1. The van der Waals surface area contributed by atoms with Gasteiger partial charge in [0, 0.05) is 24.1 Å². The minimum atomic E-state index is -0.616. The SMILES string of the molecule is CC(=O)N[C@@H]1C(=O)N(CCCOc2ccc(Cl)cc2)c2c(C)ccc(C)c21. The van der Waals surface area contributed by atoms with Crippen molar-refractivity contribution in [3.8, 4) is 5.75 Å². The van der Waals surface area contributed by atoms with Crippen LogP contribution in [0.25, 0.3) is 0 Å². The zero-order chi connectivity index (χ0) is 19.6. The largest absolute Gasteiger partial charge is 0.494 e. The number of amides is 2. The number of nitrogens with zero attached hydrogens (tertiary/aromatic N) is 1. The Labute approximate surface area is 164 Å². The maximum atomic E-state index is 13.0. The maximum Gasteiger partial charge on any atom is 0.254 e. The van der Waals surface area contributed by atoms with Gasteiger partial charge < -0.3 is 15.0 Å². The molecule has 0 spiro atoms. The van der Waals surface area contributed by atoms with Crippen LogP contribution in [-0.2, 0) is 9.59 Å². The average Bonchev–Trinajstić information content (AvgIpc) is 2.90. The summed E-state index contributed by atoms with van der Waals surface area (Å²) in [7, 11) is 0. The molecule has 3 rings (SSSR count). The highest BCUT2D eigenvalue weighted by atomic mass is 35.5. The molecule has 0 unspecified atom stereocenters. The Bertz CT molecular complexity index is 864. The van der Waals surface area contributed by atoms with Crippen LogP contribution < -0.4 is 15.0 Å². The Morgan fingerprint density at radius 2 is 1.81 bits per heavy atom. The second-order valence-electron chi connectivity index (χ2n) is 6.74. The zero-order valence-corrected chi connectivity index (χ0v) is 16.5. The van der Waals surface area contributed by atoms with Crippen molar-refractivity contribution in [2.45, 2.75) is 33.2 Å². The number of fused-ring (bicyclic) bond motifs is 1. The summed E-state index contributed by atoms with van der Waals surface area (Å²) < 4.78 is 5.72. The van der Waals surface area contributed by atoms with Gasteiger partial charge in [-0.15, -0.1) is 0 Å². The number of rotatable bonds is 6. The smallest absolute Gasteiger partial charge is 0.254 e. The van der Waals surface area contributed by atoms with Crippen LogP contribution in [0.1, 0.15) is 36.1 Å². The molecular formula is C21H23ClN2O3. The van der Waals surface area contributed by atoms with Gasteiger partial charge in [0.1, 0.15) is 11.8 Å². The van der Waals surface area contributed by atoms with Crippen LogP contribution in [0.2, 0.25) is 5.02 Å². The van der Waals surface area contributed by atoms with E-state index in [1.165, 1.54) is 6.92 Å². The van der Waals surface area contributed by atoms with E-state index in [2.05, 4.69) is 5.32 Å². The summed E-state index contributed by atoms with van der Waals surface area (Å²) in [6, 6.07) is 10.6. The van der Waals surface area contributed by atoms with Gasteiger partial charge in [-0.2, -0.15) is 0 Å². The highest BCUT2D eigenvalue weighted by Crippen LogP contribution is 2.40. The van der Waals surface area contributed by atoms with Crippen LogP contribution in [0.15, 0.2) is 36.4 Å². The molecule has 0 aliphatic carbocycles. The number of aryl methyl sites for hydroxylation is 2. The Balaban J connectivity index is 1.72. The fraction of sp³-hybridized carbons (Fsp3) is 0.333. The molecule has 6 heteroatoms. The van der Waals surface area contributed by atoms with Gasteiger partial charge in [-0.25, -0.2) is 0 Å². The quantitative estimate of drug-likeness (QED) is 0.765. The molecule has 2 amide bonds. The van der Waals surface area contributed by atoms with Crippen molar-refractivity contribution >= 4 is 29.1 Å². The number of halogens is 1. The molecule has 1 aliphatic heterocycles. The Kier molecular flexibility index (Phi) is 5.71. The second-order valence-corrected chi connectivity index (χ2v) is 7.18. The Morgan fingerprint density at radius 3 is 2.48 bits per heavy atom. The first-order valence-electron chi connectivity index (χ1n) is 8.95. The van der Waals surface area contributed by atoms with Gasteiger partial charge in [-0.3, -0.25) is 9.59 Å². The van der Waals surface area contributed by atoms with E-state index in [1.54, 1.807) is 17.0 Å². The summed E-state index contributed by atoms with van der Waals surface area (Å²) in [5.41, 5.74) is 3.83. The van der Waals surface area contributed by atoms with E-state index in [4.69, 9.17) is 16.3 Å². The summed E-state index contributed by atoms with van der Waals surface area (Å²) in [5.74, 6) is 0.438. The van der Waals surface area contributed by atoms with E-state index >= 15 is 0 Å². The fourth-order valence-electron chi connectivity index (χ4n) is 3.43. The van der Waals surface area contributed by atoms with Crippen molar-refractivity contribution in [2.24, 2.45) is 0 Å². The molecule has 1 aliphatic rings. The van der Waals surface area contributed by atoms with E-state index in [9.17, 15) is 9.59 Å². The van der Waals surface area contributed by atoms with Gasteiger partial charge in [0.15, 0.2) is 0 Å². The lowest BCUT2D eigenvalue weighted by Gasteiger charge is -2.20. The first kappa shape index (κ1) is 19.2. The fourth-order valence-corrected chi connectivity index (χ4v) is 3.56. The van der Waals surface area contributed by atoms with Crippen LogP contribution >= 0.6 is 11.6 Å². The molecule has 1 heterocycles. The molecule has 5 nitrogen and oxygen atoms in total. The number of benzene rings is 2. The molecule has 2 aromatic rings. The second kappa shape index (κ2) is 8.01. The number of anilines is 1. The van der Waals surface area contributed by atoms with Crippen molar-refractivity contribution < 1.29 is 14.3 Å². The van der Waals surface area contributed by atoms with Crippen molar-refractivity contribution in [2.75, 3.05) is 18.1 Å². The van der Waals surface area contributed by atoms with Crippen LogP contribution in [-0.4, -0.2) is 25.0 Å². The van der Waals surface area contributed by atoms with E-state index in [0.717, 1.165) is 28.1 Å². The van der Waals surface area contributed by atoms with Crippen molar-refractivity contribution in [1.82, 2.24) is 5.32 Å². The summed E-state index contributed by atoms with van der Waals surface area (Å²) in [6.07, 6.45) is 0.675. The first-order valence-corrected chi connectivity index (χ1v) is 9.33. The molecule has 2 aromatic carbocycles. The van der Waals surface area contributed by atoms with Gasteiger partial charge in [0.2, 0.25) is 5.91 Å². The third-order valence-corrected chi connectivity index (χ3v) is 4.92. The minimum absolute atomic E-state index is 0.0934. The standard InChI is InChI=1S/C21H23ClN2O3/c1-13-5-6-14(2)20-18(13)19(23-15(3)25)21(26)24(20)11-4-12-27-17-9-7-16(22)8-10-17/h5-10,19H,4,11-12H2,1-3H3,(H,23,25)/t19-/m0/s1. The zero-order valence-electron chi connectivity index (χ0n) is 15.7. The van der Waals surface area contributed by atoms with Crippen LogP contribution in [0.3, 0.4) is 0 Å². The van der Waals surface area contributed by atoms with Gasteiger partial charge in [0.25, 0.3) is 5.91 Å². The Morgan fingerprint density at radius 1 is 1.15 bits per heavy atom. The molecule has 0 saturated carbocycles. The number of nitrogens with one attached hydrogen (secondary N) is 1. The topological polar surface area (TPSA) is 58.6 Å². The predicted molar refractivity (Wildman–Crippen MR) is 106 cm³/mol. The summed E-state index contributed by atoms with van der Waals surface area (Å²) in [5, 5.41) is 3.46. The van der Waals surface area contributed by atoms with Crippen LogP contribution in [0.4, 0.5) is 5.69 Å². The lowest BCUT2D eigenvalue weighted by molar-refractivity contribution is -0.126. The van der Waals surface area contributed by atoms with Crippen molar-refractivity contribution in [3.05, 3.63) is 58.1 Å². The third kappa shape index (κ3) is 4.08. The molecule has 27 heavy (non-hydrogen) atoms. The van der Waals surface area contributed by atoms with E-state index in [1.807, 2.05) is 38.1 Å². The van der Waals surface area contributed by atoms with Gasteiger partial charge in [-0.1, -0.05) is 23.7 Å². The normalized spacial score (nSPS) is 15.6. The molecule has 0 aromatic heterocycles. The maximum absolute atomic E-state index is 13.0. The summed E-state index contributed by atoms with van der Waals surface area (Å²) in [4.78, 5) is 26.3. The number of ether oxygens (including phenoxy) is 1. The summed E-state index contributed by atoms with van der Waals surface area (Å²) >= 11 is 5.87. The molecule has 142 valence electrons. The molecule has 0 saturated heterocycles. The first-order chi connectivity index (χ1) is 12.9. The number of carbonyl (C=O) groups is 2. The van der Waals surface area contributed by atoms with Crippen molar-refractivity contribution in [1.29, 1.82) is 0 Å². The predicted octanol–water partition coefficient (Wildman–Crippen LogP) is 3.95. The lowest BCUT2D eigenvalue weighted by atomic mass is 9.99. The third-order valence-electron chi connectivity index (χ3n) is 4.66. The Hall–Kier alpha value is -2.53. The molecule has 0 fully saturated rings. The molecule has 1 atom stereocenters. The highest BCUT2D eigenvalue weighted by molar-refractivity contribution is 6.30.